The number of piperidine rings is 1. The highest BCUT2D eigenvalue weighted by Gasteiger charge is 2.53. The van der Waals surface area contributed by atoms with E-state index < -0.39 is 5.54 Å². The minimum absolute atomic E-state index is 0.0428. The molecule has 6 heteroatoms. The molecular weight excluding hydrogens is 386 g/mol. The maximum atomic E-state index is 13.3. The van der Waals surface area contributed by atoms with Crippen LogP contribution in [0.3, 0.4) is 0 Å². The number of amides is 2. The summed E-state index contributed by atoms with van der Waals surface area (Å²) in [6, 6.07) is 7.55. The lowest BCUT2D eigenvalue weighted by atomic mass is 9.80. The largest absolute Gasteiger partial charge is 0.342 e. The lowest BCUT2D eigenvalue weighted by molar-refractivity contribution is -0.161. The Kier molecular flexibility index (Phi) is 7.23. The van der Waals surface area contributed by atoms with Crippen molar-refractivity contribution in [2.45, 2.75) is 71.0 Å². The van der Waals surface area contributed by atoms with Crippen molar-refractivity contribution >= 4 is 23.4 Å². The lowest BCUT2D eigenvalue weighted by Gasteiger charge is -2.52. The Hall–Kier alpha value is -1.59. The highest BCUT2D eigenvalue weighted by molar-refractivity contribution is 6.30. The number of rotatable bonds is 7. The number of likely N-dealkylation sites (tertiary alicyclic amines) is 1. The van der Waals surface area contributed by atoms with Crippen molar-refractivity contribution in [1.82, 2.24) is 15.1 Å². The maximum Gasteiger partial charge on any atom is 0.246 e. The van der Waals surface area contributed by atoms with Crippen molar-refractivity contribution in [2.75, 3.05) is 19.6 Å². The fourth-order valence-electron chi connectivity index (χ4n) is 4.62. The first-order chi connectivity index (χ1) is 13.9. The van der Waals surface area contributed by atoms with Crippen LogP contribution in [0.15, 0.2) is 24.3 Å². The van der Waals surface area contributed by atoms with E-state index in [0.717, 1.165) is 37.5 Å². The number of piperazine rings is 1. The van der Waals surface area contributed by atoms with Gasteiger partial charge in [0, 0.05) is 31.2 Å². The lowest BCUT2D eigenvalue weighted by Crippen LogP contribution is -2.73. The third-order valence-electron chi connectivity index (χ3n) is 6.23. The van der Waals surface area contributed by atoms with E-state index in [-0.39, 0.29) is 17.9 Å². The third-order valence-corrected chi connectivity index (χ3v) is 6.46. The van der Waals surface area contributed by atoms with E-state index in [0.29, 0.717) is 31.7 Å². The molecule has 29 heavy (non-hydrogen) atoms. The first kappa shape index (κ1) is 22.1. The summed E-state index contributed by atoms with van der Waals surface area (Å²) < 4.78 is 0. The Bertz CT molecular complexity index is 729. The van der Waals surface area contributed by atoms with Gasteiger partial charge in [0.2, 0.25) is 11.8 Å². The van der Waals surface area contributed by atoms with Crippen LogP contribution in [0.4, 0.5) is 0 Å². The van der Waals surface area contributed by atoms with Crippen LogP contribution in [0.2, 0.25) is 5.02 Å². The summed E-state index contributed by atoms with van der Waals surface area (Å²) in [4.78, 5) is 30.8. The number of carbonyl (C=O) groups is 2. The summed E-state index contributed by atoms with van der Waals surface area (Å²) in [5.41, 5.74) is 0.488. The van der Waals surface area contributed by atoms with Gasteiger partial charge in [0.05, 0.1) is 0 Å². The van der Waals surface area contributed by atoms with E-state index in [9.17, 15) is 9.59 Å². The molecule has 2 saturated heterocycles. The van der Waals surface area contributed by atoms with E-state index in [1.54, 1.807) is 0 Å². The molecule has 1 N–H and O–H groups in total. The van der Waals surface area contributed by atoms with Crippen LogP contribution in [-0.2, 0) is 16.1 Å². The van der Waals surface area contributed by atoms with Crippen molar-refractivity contribution in [3.63, 3.8) is 0 Å². The summed E-state index contributed by atoms with van der Waals surface area (Å²) in [6.07, 6.45) is 4.01. The molecule has 1 spiro atoms. The highest BCUT2D eigenvalue weighted by Crippen LogP contribution is 2.34. The quantitative estimate of drug-likeness (QED) is 0.730. The predicted molar refractivity (Wildman–Crippen MR) is 117 cm³/mol. The number of hydrogen-bond donors (Lipinski definition) is 1. The predicted octanol–water partition coefficient (Wildman–Crippen LogP) is 3.85. The van der Waals surface area contributed by atoms with Crippen LogP contribution in [0, 0.1) is 5.92 Å². The molecule has 1 aromatic carbocycles. The molecule has 2 aliphatic rings. The van der Waals surface area contributed by atoms with Crippen LogP contribution in [0.25, 0.3) is 0 Å². The van der Waals surface area contributed by atoms with E-state index in [1.807, 2.05) is 23.1 Å². The SMILES string of the molecule is CCCCN1C(=O)[C@H](CC(C)C)NC(=O)C12CCN(Cc1cccc(Cl)c1)CC2. The molecule has 0 radical (unpaired) electrons. The fourth-order valence-corrected chi connectivity index (χ4v) is 4.83. The number of halogens is 1. The van der Waals surface area contributed by atoms with Gasteiger partial charge in [0.15, 0.2) is 0 Å². The summed E-state index contributed by atoms with van der Waals surface area (Å²) in [5, 5.41) is 3.82. The molecular formula is C23H34ClN3O2. The first-order valence-corrected chi connectivity index (χ1v) is 11.3. The van der Waals surface area contributed by atoms with Gasteiger partial charge in [0.1, 0.15) is 11.6 Å². The second kappa shape index (κ2) is 9.48. The van der Waals surface area contributed by atoms with Crippen molar-refractivity contribution in [3.05, 3.63) is 34.9 Å². The zero-order valence-electron chi connectivity index (χ0n) is 17.9. The molecule has 1 aromatic rings. The molecule has 1 atom stereocenters. The first-order valence-electron chi connectivity index (χ1n) is 10.9. The Balaban J connectivity index is 1.73. The number of benzene rings is 1. The zero-order valence-corrected chi connectivity index (χ0v) is 18.7. The number of nitrogens with one attached hydrogen (secondary N) is 1. The molecule has 2 fully saturated rings. The molecule has 2 heterocycles. The molecule has 5 nitrogen and oxygen atoms in total. The molecule has 3 rings (SSSR count). The second-order valence-electron chi connectivity index (χ2n) is 8.94. The standard InChI is InChI=1S/C23H34ClN3O2/c1-4-5-11-27-21(28)20(14-17(2)3)25-22(29)23(27)9-12-26(13-10-23)16-18-7-6-8-19(24)15-18/h6-8,15,17,20H,4-5,9-14,16H2,1-3H3,(H,25,29)/t20-/m0/s1. The summed E-state index contributed by atoms with van der Waals surface area (Å²) in [6.45, 7) is 9.39. The van der Waals surface area contributed by atoms with E-state index >= 15 is 0 Å². The van der Waals surface area contributed by atoms with Crippen LogP contribution in [0.5, 0.6) is 0 Å². The van der Waals surface area contributed by atoms with Gasteiger partial charge in [0.25, 0.3) is 0 Å². The minimum Gasteiger partial charge on any atom is -0.342 e. The zero-order chi connectivity index (χ0) is 21.0. The number of unbranched alkanes of at least 4 members (excludes halogenated alkanes) is 1. The van der Waals surface area contributed by atoms with Gasteiger partial charge in [-0.05, 0) is 49.3 Å². The summed E-state index contributed by atoms with van der Waals surface area (Å²) in [7, 11) is 0. The topological polar surface area (TPSA) is 52.7 Å². The number of hydrogen-bond acceptors (Lipinski definition) is 3. The molecule has 0 aromatic heterocycles. The summed E-state index contributed by atoms with van der Waals surface area (Å²) in [5.74, 6) is 0.516. The molecule has 2 amide bonds. The molecule has 2 aliphatic heterocycles. The van der Waals surface area contributed by atoms with Crippen molar-refractivity contribution < 1.29 is 9.59 Å². The molecule has 0 aliphatic carbocycles. The minimum atomic E-state index is -0.690. The molecule has 0 unspecified atom stereocenters. The van der Waals surface area contributed by atoms with Crippen LogP contribution in [-0.4, -0.2) is 52.8 Å². The molecule has 0 bridgehead atoms. The second-order valence-corrected chi connectivity index (χ2v) is 9.37. The third kappa shape index (κ3) is 4.95. The Morgan fingerprint density at radius 1 is 1.24 bits per heavy atom. The normalized spacial score (nSPS) is 22.4. The maximum absolute atomic E-state index is 13.3. The van der Waals surface area contributed by atoms with Crippen LogP contribution < -0.4 is 5.32 Å². The smallest absolute Gasteiger partial charge is 0.246 e. The Morgan fingerprint density at radius 3 is 2.59 bits per heavy atom. The van der Waals surface area contributed by atoms with Crippen LogP contribution in [0.1, 0.15) is 58.4 Å². The van der Waals surface area contributed by atoms with Crippen molar-refractivity contribution in [1.29, 1.82) is 0 Å². The Morgan fingerprint density at radius 2 is 1.97 bits per heavy atom. The van der Waals surface area contributed by atoms with Gasteiger partial charge in [-0.25, -0.2) is 0 Å². The van der Waals surface area contributed by atoms with E-state index in [4.69, 9.17) is 11.6 Å². The number of nitrogens with zero attached hydrogens (tertiary/aromatic N) is 2. The van der Waals surface area contributed by atoms with Crippen LogP contribution >= 0.6 is 11.6 Å². The average molecular weight is 420 g/mol. The highest BCUT2D eigenvalue weighted by atomic mass is 35.5. The van der Waals surface area contributed by atoms with Gasteiger partial charge in [-0.2, -0.15) is 0 Å². The van der Waals surface area contributed by atoms with Gasteiger partial charge < -0.3 is 10.2 Å². The van der Waals surface area contributed by atoms with Gasteiger partial charge in [-0.15, -0.1) is 0 Å². The van der Waals surface area contributed by atoms with E-state index in [2.05, 4.69) is 37.1 Å². The van der Waals surface area contributed by atoms with E-state index in [1.165, 1.54) is 5.56 Å². The fraction of sp³-hybridized carbons (Fsp3) is 0.652. The molecule has 160 valence electrons. The molecule has 0 saturated carbocycles. The van der Waals surface area contributed by atoms with Crippen molar-refractivity contribution in [2.24, 2.45) is 5.92 Å². The average Bonchev–Trinajstić information content (AvgIpc) is 2.67. The summed E-state index contributed by atoms with van der Waals surface area (Å²) >= 11 is 6.12. The van der Waals surface area contributed by atoms with Gasteiger partial charge >= 0.3 is 0 Å². The van der Waals surface area contributed by atoms with Crippen molar-refractivity contribution in [3.8, 4) is 0 Å². The van der Waals surface area contributed by atoms with Gasteiger partial charge in [-0.3, -0.25) is 14.5 Å². The Labute approximate surface area is 179 Å². The number of carbonyl (C=O) groups excluding carboxylic acids is 2. The van der Waals surface area contributed by atoms with Gasteiger partial charge in [-0.1, -0.05) is 50.9 Å². The monoisotopic (exact) mass is 419 g/mol.